The summed E-state index contributed by atoms with van der Waals surface area (Å²) < 4.78 is 0.956. The Morgan fingerprint density at radius 3 is 2.03 bits per heavy atom. The van der Waals surface area contributed by atoms with E-state index in [-0.39, 0.29) is 23.8 Å². The summed E-state index contributed by atoms with van der Waals surface area (Å²) >= 11 is 3.61. The lowest BCUT2D eigenvalue weighted by atomic mass is 9.98. The van der Waals surface area contributed by atoms with Crippen LogP contribution in [0.4, 0.5) is 0 Å². The van der Waals surface area contributed by atoms with Crippen LogP contribution in [0.15, 0.2) is 83.3 Å². The highest BCUT2D eigenvalue weighted by atomic mass is 79.9. The summed E-state index contributed by atoms with van der Waals surface area (Å²) in [7, 11) is 0. The zero-order chi connectivity index (χ0) is 23.9. The van der Waals surface area contributed by atoms with Crippen molar-refractivity contribution in [3.05, 3.63) is 106 Å². The third kappa shape index (κ3) is 5.45. The summed E-state index contributed by atoms with van der Waals surface area (Å²) in [5.41, 5.74) is 3.02. The zero-order valence-corrected chi connectivity index (χ0v) is 20.5. The number of carbonyl (C=O) groups excluding carboxylic acids is 3. The molecule has 1 aliphatic heterocycles. The average Bonchev–Trinajstić information content (AvgIpc) is 3.10. The fourth-order valence-electron chi connectivity index (χ4n) is 4.28. The Balaban J connectivity index is 1.24. The molecule has 3 aromatic rings. The van der Waals surface area contributed by atoms with Gasteiger partial charge in [-0.1, -0.05) is 89.4 Å². The number of rotatable bonds is 10. The van der Waals surface area contributed by atoms with Crippen molar-refractivity contribution in [1.82, 2.24) is 10.2 Å². The lowest BCUT2D eigenvalue weighted by Crippen LogP contribution is -2.30. The van der Waals surface area contributed by atoms with Crippen molar-refractivity contribution in [3.8, 4) is 0 Å². The summed E-state index contributed by atoms with van der Waals surface area (Å²) in [6, 6.07) is 24.6. The van der Waals surface area contributed by atoms with Gasteiger partial charge in [-0.05, 0) is 42.2 Å². The molecule has 0 spiro atoms. The molecule has 4 rings (SSSR count). The number of nitrogens with zero attached hydrogens (tertiary/aromatic N) is 1. The van der Waals surface area contributed by atoms with Crippen LogP contribution >= 0.6 is 15.9 Å². The Bertz CT molecular complexity index is 1140. The van der Waals surface area contributed by atoms with E-state index >= 15 is 0 Å². The van der Waals surface area contributed by atoms with Crippen LogP contribution in [0.3, 0.4) is 0 Å². The molecule has 1 atom stereocenters. The van der Waals surface area contributed by atoms with Gasteiger partial charge in [0.25, 0.3) is 11.8 Å². The van der Waals surface area contributed by atoms with E-state index in [4.69, 9.17) is 0 Å². The summed E-state index contributed by atoms with van der Waals surface area (Å²) in [5, 5.41) is 3.18. The molecule has 0 fully saturated rings. The van der Waals surface area contributed by atoms with Crippen LogP contribution in [-0.4, -0.2) is 29.2 Å². The van der Waals surface area contributed by atoms with Crippen molar-refractivity contribution in [2.45, 2.75) is 38.1 Å². The van der Waals surface area contributed by atoms with Gasteiger partial charge in [-0.25, -0.2) is 0 Å². The van der Waals surface area contributed by atoms with Crippen molar-refractivity contribution in [2.24, 2.45) is 0 Å². The molecule has 6 heteroatoms. The normalized spacial score (nSPS) is 13.6. The molecule has 0 saturated carbocycles. The molecule has 0 bridgehead atoms. The van der Waals surface area contributed by atoms with E-state index in [1.807, 2.05) is 54.6 Å². The quantitative estimate of drug-likeness (QED) is 0.268. The van der Waals surface area contributed by atoms with Gasteiger partial charge < -0.3 is 5.32 Å². The minimum absolute atomic E-state index is 0.00459. The van der Waals surface area contributed by atoms with E-state index in [1.54, 1.807) is 24.3 Å². The molecule has 0 unspecified atom stereocenters. The van der Waals surface area contributed by atoms with Crippen LogP contribution in [0.5, 0.6) is 0 Å². The van der Waals surface area contributed by atoms with Gasteiger partial charge in [0.2, 0.25) is 5.91 Å². The summed E-state index contributed by atoms with van der Waals surface area (Å²) in [6.45, 7) is 0.413. The third-order valence-corrected chi connectivity index (χ3v) is 6.79. The monoisotopic (exact) mass is 518 g/mol. The first kappa shape index (κ1) is 23.9. The molecule has 0 aromatic heterocycles. The van der Waals surface area contributed by atoms with E-state index in [0.29, 0.717) is 24.1 Å². The highest BCUT2D eigenvalue weighted by Gasteiger charge is 2.34. The molecule has 34 heavy (non-hydrogen) atoms. The number of amides is 3. The third-order valence-electron chi connectivity index (χ3n) is 6.07. The Morgan fingerprint density at radius 1 is 0.765 bits per heavy atom. The molecule has 1 aliphatic rings. The fourth-order valence-corrected chi connectivity index (χ4v) is 4.79. The molecule has 0 aliphatic carbocycles. The van der Waals surface area contributed by atoms with Crippen molar-refractivity contribution in [1.29, 1.82) is 0 Å². The number of fused-ring (bicyclic) bond motifs is 1. The Labute approximate surface area is 208 Å². The second-order valence-corrected chi connectivity index (χ2v) is 9.26. The maximum absolute atomic E-state index is 12.7. The number of hydrogen-bond donors (Lipinski definition) is 1. The lowest BCUT2D eigenvalue weighted by molar-refractivity contribution is -0.121. The minimum Gasteiger partial charge on any atom is -0.345 e. The van der Waals surface area contributed by atoms with Gasteiger partial charge in [0.1, 0.15) is 0 Å². The SMILES string of the molecule is O=C(CCCCCCN1C(=O)c2ccccc2C1=O)N[C@@H](c1ccccc1)c1ccccc1Br. The van der Waals surface area contributed by atoms with Gasteiger partial charge in [-0.3, -0.25) is 19.3 Å². The Kier molecular flexibility index (Phi) is 7.91. The number of halogens is 1. The first-order chi connectivity index (χ1) is 16.6. The van der Waals surface area contributed by atoms with Gasteiger partial charge in [-0.15, -0.1) is 0 Å². The predicted molar refractivity (Wildman–Crippen MR) is 135 cm³/mol. The Hall–Kier alpha value is -3.25. The minimum atomic E-state index is -0.224. The van der Waals surface area contributed by atoms with Crippen molar-refractivity contribution < 1.29 is 14.4 Å². The van der Waals surface area contributed by atoms with Crippen LogP contribution in [0.1, 0.15) is 70.0 Å². The molecular formula is C28H27BrN2O3. The van der Waals surface area contributed by atoms with Gasteiger partial charge in [0.15, 0.2) is 0 Å². The van der Waals surface area contributed by atoms with Crippen molar-refractivity contribution >= 4 is 33.7 Å². The van der Waals surface area contributed by atoms with Gasteiger partial charge in [-0.2, -0.15) is 0 Å². The second-order valence-electron chi connectivity index (χ2n) is 8.40. The fraction of sp³-hybridized carbons (Fsp3) is 0.250. The highest BCUT2D eigenvalue weighted by Crippen LogP contribution is 2.29. The van der Waals surface area contributed by atoms with Gasteiger partial charge in [0.05, 0.1) is 17.2 Å². The average molecular weight is 519 g/mol. The molecule has 3 amide bonds. The first-order valence-corrected chi connectivity index (χ1v) is 12.4. The standard InChI is InChI=1S/C28H27BrN2O3/c29-24-17-10-9-16-23(24)26(20-12-4-3-5-13-20)30-25(32)18-6-1-2-11-19-31-27(33)21-14-7-8-15-22(21)28(31)34/h3-5,7-10,12-17,26H,1-2,6,11,18-19H2,(H,30,32)/t26-/m0/s1. The maximum atomic E-state index is 12.7. The van der Waals surface area contributed by atoms with Crippen LogP contribution in [0, 0.1) is 0 Å². The number of benzene rings is 3. The van der Waals surface area contributed by atoms with Crippen LogP contribution in [-0.2, 0) is 4.79 Å². The lowest BCUT2D eigenvalue weighted by Gasteiger charge is -2.21. The first-order valence-electron chi connectivity index (χ1n) is 11.6. The number of hydrogen-bond acceptors (Lipinski definition) is 3. The van der Waals surface area contributed by atoms with E-state index in [1.165, 1.54) is 4.90 Å². The Morgan fingerprint density at radius 2 is 1.35 bits per heavy atom. The maximum Gasteiger partial charge on any atom is 0.261 e. The van der Waals surface area contributed by atoms with E-state index in [9.17, 15) is 14.4 Å². The number of imide groups is 1. The van der Waals surface area contributed by atoms with E-state index < -0.39 is 0 Å². The smallest absolute Gasteiger partial charge is 0.261 e. The number of carbonyl (C=O) groups is 3. The molecule has 1 N–H and O–H groups in total. The largest absolute Gasteiger partial charge is 0.345 e. The second kappa shape index (κ2) is 11.3. The van der Waals surface area contributed by atoms with E-state index in [2.05, 4.69) is 21.2 Å². The molecule has 0 saturated heterocycles. The zero-order valence-electron chi connectivity index (χ0n) is 18.9. The number of nitrogens with one attached hydrogen (secondary N) is 1. The van der Waals surface area contributed by atoms with Crippen LogP contribution < -0.4 is 5.32 Å². The molecule has 1 heterocycles. The van der Waals surface area contributed by atoms with Crippen molar-refractivity contribution in [2.75, 3.05) is 6.54 Å². The van der Waals surface area contributed by atoms with E-state index in [0.717, 1.165) is 41.3 Å². The molecule has 0 radical (unpaired) electrons. The summed E-state index contributed by atoms with van der Waals surface area (Å²) in [6.07, 6.45) is 3.64. The molecule has 5 nitrogen and oxygen atoms in total. The van der Waals surface area contributed by atoms with Crippen molar-refractivity contribution in [3.63, 3.8) is 0 Å². The predicted octanol–water partition coefficient (Wildman–Crippen LogP) is 5.90. The highest BCUT2D eigenvalue weighted by molar-refractivity contribution is 9.10. The van der Waals surface area contributed by atoms with Gasteiger partial charge in [0, 0.05) is 17.4 Å². The van der Waals surface area contributed by atoms with Crippen LogP contribution in [0.25, 0.3) is 0 Å². The molecule has 174 valence electrons. The number of unbranched alkanes of at least 4 members (excludes halogenated alkanes) is 3. The van der Waals surface area contributed by atoms with Gasteiger partial charge >= 0.3 is 0 Å². The summed E-state index contributed by atoms with van der Waals surface area (Å²) in [4.78, 5) is 38.9. The molecule has 3 aromatic carbocycles. The van der Waals surface area contributed by atoms with Crippen LogP contribution in [0.2, 0.25) is 0 Å². The summed E-state index contributed by atoms with van der Waals surface area (Å²) in [5.74, 6) is -0.414. The molecular weight excluding hydrogens is 492 g/mol. The topological polar surface area (TPSA) is 66.5 Å².